The second-order valence-electron chi connectivity index (χ2n) is 3.45. The standard InChI is InChI=1S/C12H14N2O2S/c1-15-10-3-8(4-11(5-10)16-2)12-14-9(6-13)7-17-12/h3-5,7H,6,13H2,1-2H3. The minimum absolute atomic E-state index is 0.456. The Labute approximate surface area is 104 Å². The fourth-order valence-corrected chi connectivity index (χ4v) is 2.28. The van der Waals surface area contributed by atoms with Crippen LogP contribution in [0.1, 0.15) is 5.69 Å². The van der Waals surface area contributed by atoms with E-state index in [1.165, 1.54) is 0 Å². The summed E-state index contributed by atoms with van der Waals surface area (Å²) in [4.78, 5) is 4.43. The van der Waals surface area contributed by atoms with Gasteiger partial charge in [0.15, 0.2) is 0 Å². The number of thiazole rings is 1. The van der Waals surface area contributed by atoms with Crippen LogP contribution in [0.15, 0.2) is 23.6 Å². The van der Waals surface area contributed by atoms with E-state index in [9.17, 15) is 0 Å². The van der Waals surface area contributed by atoms with Crippen LogP contribution in [0.3, 0.4) is 0 Å². The molecule has 0 saturated heterocycles. The predicted molar refractivity (Wildman–Crippen MR) is 68.5 cm³/mol. The molecule has 0 spiro atoms. The highest BCUT2D eigenvalue weighted by Gasteiger charge is 2.07. The Balaban J connectivity index is 2.43. The van der Waals surface area contributed by atoms with Crippen LogP contribution >= 0.6 is 11.3 Å². The molecule has 2 N–H and O–H groups in total. The zero-order chi connectivity index (χ0) is 12.3. The predicted octanol–water partition coefficient (Wildman–Crippen LogP) is 2.29. The number of benzene rings is 1. The van der Waals surface area contributed by atoms with E-state index < -0.39 is 0 Å². The molecule has 0 amide bonds. The van der Waals surface area contributed by atoms with Crippen molar-refractivity contribution in [3.05, 3.63) is 29.3 Å². The molecule has 2 aromatic rings. The van der Waals surface area contributed by atoms with E-state index in [1.54, 1.807) is 25.6 Å². The zero-order valence-corrected chi connectivity index (χ0v) is 10.6. The molecule has 0 fully saturated rings. The van der Waals surface area contributed by atoms with E-state index in [-0.39, 0.29) is 0 Å². The SMILES string of the molecule is COc1cc(OC)cc(-c2nc(CN)cs2)c1. The Morgan fingerprint density at radius 1 is 1.18 bits per heavy atom. The molecule has 5 heteroatoms. The van der Waals surface area contributed by atoms with Gasteiger partial charge in [-0.25, -0.2) is 4.98 Å². The molecule has 0 aliphatic carbocycles. The first-order valence-electron chi connectivity index (χ1n) is 5.14. The van der Waals surface area contributed by atoms with Crippen molar-refractivity contribution in [2.24, 2.45) is 5.73 Å². The maximum atomic E-state index is 5.55. The molecule has 4 nitrogen and oxygen atoms in total. The summed E-state index contributed by atoms with van der Waals surface area (Å²) in [6, 6.07) is 5.70. The van der Waals surface area contributed by atoms with E-state index in [2.05, 4.69) is 4.98 Å². The fraction of sp³-hybridized carbons (Fsp3) is 0.250. The summed E-state index contributed by atoms with van der Waals surface area (Å²) in [6.45, 7) is 0.456. The van der Waals surface area contributed by atoms with E-state index >= 15 is 0 Å². The molecule has 17 heavy (non-hydrogen) atoms. The Morgan fingerprint density at radius 2 is 1.82 bits per heavy atom. The van der Waals surface area contributed by atoms with Gasteiger partial charge < -0.3 is 15.2 Å². The lowest BCUT2D eigenvalue weighted by atomic mass is 10.2. The first-order chi connectivity index (χ1) is 8.26. The maximum absolute atomic E-state index is 5.55. The van der Waals surface area contributed by atoms with Crippen molar-refractivity contribution in [1.29, 1.82) is 0 Å². The molecule has 0 unspecified atom stereocenters. The molecule has 0 radical (unpaired) electrons. The van der Waals surface area contributed by atoms with Gasteiger partial charge >= 0.3 is 0 Å². The van der Waals surface area contributed by atoms with Gasteiger partial charge in [-0.15, -0.1) is 11.3 Å². The van der Waals surface area contributed by atoms with Crippen molar-refractivity contribution in [3.8, 4) is 22.1 Å². The quantitative estimate of drug-likeness (QED) is 0.904. The highest BCUT2D eigenvalue weighted by Crippen LogP contribution is 2.31. The number of hydrogen-bond acceptors (Lipinski definition) is 5. The lowest BCUT2D eigenvalue weighted by molar-refractivity contribution is 0.394. The van der Waals surface area contributed by atoms with E-state index in [1.807, 2.05) is 23.6 Å². The van der Waals surface area contributed by atoms with Crippen LogP contribution in [0.2, 0.25) is 0 Å². The van der Waals surface area contributed by atoms with Gasteiger partial charge in [-0.2, -0.15) is 0 Å². The number of methoxy groups -OCH3 is 2. The van der Waals surface area contributed by atoms with E-state index in [0.29, 0.717) is 6.54 Å². The first kappa shape index (κ1) is 11.9. The molecule has 0 bridgehead atoms. The number of nitrogens with zero attached hydrogens (tertiary/aromatic N) is 1. The van der Waals surface area contributed by atoms with Crippen molar-refractivity contribution < 1.29 is 9.47 Å². The molecule has 90 valence electrons. The van der Waals surface area contributed by atoms with Crippen LogP contribution in [0, 0.1) is 0 Å². The van der Waals surface area contributed by atoms with Crippen molar-refractivity contribution in [3.63, 3.8) is 0 Å². The Hall–Kier alpha value is -1.59. The van der Waals surface area contributed by atoms with Crippen LogP contribution in [-0.2, 0) is 6.54 Å². The number of rotatable bonds is 4. The Kier molecular flexibility index (Phi) is 3.61. The van der Waals surface area contributed by atoms with Crippen molar-refractivity contribution in [2.75, 3.05) is 14.2 Å². The van der Waals surface area contributed by atoms with Gasteiger partial charge in [0, 0.05) is 23.6 Å². The minimum Gasteiger partial charge on any atom is -0.497 e. The van der Waals surface area contributed by atoms with Gasteiger partial charge in [0.1, 0.15) is 16.5 Å². The summed E-state index contributed by atoms with van der Waals surface area (Å²) in [5.74, 6) is 1.51. The highest BCUT2D eigenvalue weighted by molar-refractivity contribution is 7.13. The topological polar surface area (TPSA) is 57.4 Å². The molecule has 0 aliphatic heterocycles. The fourth-order valence-electron chi connectivity index (χ4n) is 1.46. The summed E-state index contributed by atoms with van der Waals surface area (Å²) in [5, 5.41) is 2.88. The van der Waals surface area contributed by atoms with Gasteiger partial charge in [-0.1, -0.05) is 0 Å². The minimum atomic E-state index is 0.456. The molecule has 1 heterocycles. The second-order valence-corrected chi connectivity index (χ2v) is 4.31. The summed E-state index contributed by atoms with van der Waals surface area (Å²) in [6.07, 6.45) is 0. The zero-order valence-electron chi connectivity index (χ0n) is 9.77. The Bertz CT molecular complexity index is 489. The molecule has 1 aromatic heterocycles. The molecule has 2 rings (SSSR count). The third-order valence-electron chi connectivity index (χ3n) is 2.36. The van der Waals surface area contributed by atoms with Crippen molar-refractivity contribution in [1.82, 2.24) is 4.98 Å². The summed E-state index contributed by atoms with van der Waals surface area (Å²) < 4.78 is 10.4. The van der Waals surface area contributed by atoms with Crippen LogP contribution in [0.25, 0.3) is 10.6 Å². The number of nitrogens with two attached hydrogens (primary N) is 1. The molecule has 0 aliphatic rings. The second kappa shape index (κ2) is 5.16. The average molecular weight is 250 g/mol. The van der Waals surface area contributed by atoms with E-state index in [4.69, 9.17) is 15.2 Å². The first-order valence-corrected chi connectivity index (χ1v) is 6.02. The van der Waals surface area contributed by atoms with Gasteiger partial charge in [-0.05, 0) is 12.1 Å². The normalized spacial score (nSPS) is 10.3. The van der Waals surface area contributed by atoms with Gasteiger partial charge in [0.2, 0.25) is 0 Å². The summed E-state index contributed by atoms with van der Waals surface area (Å²) >= 11 is 1.56. The summed E-state index contributed by atoms with van der Waals surface area (Å²) in [7, 11) is 3.26. The van der Waals surface area contributed by atoms with Gasteiger partial charge in [-0.3, -0.25) is 0 Å². The smallest absolute Gasteiger partial charge is 0.123 e. The summed E-state index contributed by atoms with van der Waals surface area (Å²) in [5.41, 5.74) is 7.42. The number of ether oxygens (including phenoxy) is 2. The molecular formula is C12H14N2O2S. The van der Waals surface area contributed by atoms with Crippen LogP contribution in [-0.4, -0.2) is 19.2 Å². The number of aromatic nitrogens is 1. The van der Waals surface area contributed by atoms with Gasteiger partial charge in [0.25, 0.3) is 0 Å². The monoisotopic (exact) mass is 250 g/mol. The van der Waals surface area contributed by atoms with Crippen molar-refractivity contribution >= 4 is 11.3 Å². The molecule has 0 saturated carbocycles. The average Bonchev–Trinajstić information content (AvgIpc) is 2.86. The van der Waals surface area contributed by atoms with Crippen LogP contribution in [0.4, 0.5) is 0 Å². The largest absolute Gasteiger partial charge is 0.497 e. The van der Waals surface area contributed by atoms with Crippen molar-refractivity contribution in [2.45, 2.75) is 6.54 Å². The highest BCUT2D eigenvalue weighted by atomic mass is 32.1. The Morgan fingerprint density at radius 3 is 2.29 bits per heavy atom. The number of hydrogen-bond donors (Lipinski definition) is 1. The van der Waals surface area contributed by atoms with Crippen LogP contribution < -0.4 is 15.2 Å². The lowest BCUT2D eigenvalue weighted by Crippen LogP contribution is -1.95. The maximum Gasteiger partial charge on any atom is 0.123 e. The third-order valence-corrected chi connectivity index (χ3v) is 3.30. The molecule has 1 aromatic carbocycles. The lowest BCUT2D eigenvalue weighted by Gasteiger charge is -2.06. The van der Waals surface area contributed by atoms with Gasteiger partial charge in [0.05, 0.1) is 19.9 Å². The third kappa shape index (κ3) is 2.57. The van der Waals surface area contributed by atoms with Crippen LogP contribution in [0.5, 0.6) is 11.5 Å². The molecule has 0 atom stereocenters. The van der Waals surface area contributed by atoms with E-state index in [0.717, 1.165) is 27.8 Å². The molecular weight excluding hydrogens is 236 g/mol.